The minimum atomic E-state index is -4.16. The van der Waals surface area contributed by atoms with E-state index in [4.69, 9.17) is 0 Å². The second-order valence-corrected chi connectivity index (χ2v) is 10.4. The van der Waals surface area contributed by atoms with Crippen molar-refractivity contribution in [3.63, 3.8) is 0 Å². The van der Waals surface area contributed by atoms with Crippen molar-refractivity contribution in [3.05, 3.63) is 59.8 Å². The van der Waals surface area contributed by atoms with Crippen molar-refractivity contribution in [2.45, 2.75) is 19.8 Å². The first-order valence-corrected chi connectivity index (χ1v) is 13.6. The summed E-state index contributed by atoms with van der Waals surface area (Å²) < 4.78 is 26.5. The molecule has 200 valence electrons. The molecule has 11 nitrogen and oxygen atoms in total. The Morgan fingerprint density at radius 2 is 1.46 bits per heavy atom. The molecular formula is C24H31N5O6S2. The predicted octanol–water partition coefficient (Wildman–Crippen LogP) is 0.0369. The molecule has 0 aromatic heterocycles. The quantitative estimate of drug-likeness (QED) is 0.192. The number of hydrogen-bond acceptors (Lipinski definition) is 8. The highest BCUT2D eigenvalue weighted by Gasteiger charge is 2.22. The lowest BCUT2D eigenvalue weighted by Gasteiger charge is -2.14. The molecule has 0 saturated heterocycles. The van der Waals surface area contributed by atoms with Gasteiger partial charge in [-0.15, -0.1) is 0 Å². The fourth-order valence-corrected chi connectivity index (χ4v) is 4.11. The molecule has 0 saturated carbocycles. The molecule has 1 atom stereocenters. The summed E-state index contributed by atoms with van der Waals surface area (Å²) in [6, 6.07) is 11.4. The Balaban J connectivity index is 1.76. The van der Waals surface area contributed by atoms with Crippen LogP contribution in [-0.2, 0) is 29.2 Å². The average Bonchev–Trinajstić information content (AvgIpc) is 2.86. The predicted molar refractivity (Wildman–Crippen MR) is 144 cm³/mol. The summed E-state index contributed by atoms with van der Waals surface area (Å²) in [7, 11) is -4.16. The van der Waals surface area contributed by atoms with Crippen LogP contribution >= 0.6 is 12.6 Å². The third kappa shape index (κ3) is 10.1. The number of carbonyl (C=O) groups is 4. The number of thiol groups is 1. The smallest absolute Gasteiger partial charge is 0.253 e. The minimum absolute atomic E-state index is 0.0194. The van der Waals surface area contributed by atoms with E-state index < -0.39 is 46.1 Å². The van der Waals surface area contributed by atoms with Gasteiger partial charge in [-0.25, -0.2) is 8.42 Å². The number of carbonyl (C=O) groups excluding carboxylic acids is 4. The molecule has 0 aliphatic heterocycles. The van der Waals surface area contributed by atoms with Gasteiger partial charge in [0.05, 0.1) is 31.3 Å². The Hall–Kier alpha value is -3.58. The molecule has 4 amide bonds. The molecule has 0 radical (unpaired) electrons. The Labute approximate surface area is 221 Å². The highest BCUT2D eigenvalue weighted by molar-refractivity contribution is 7.90. The van der Waals surface area contributed by atoms with Crippen LogP contribution in [0, 0.1) is 6.92 Å². The minimum Gasteiger partial charge on any atom is -0.379 e. The van der Waals surface area contributed by atoms with Gasteiger partial charge in [-0.2, -0.15) is 12.6 Å². The number of sulfonamides is 1. The van der Waals surface area contributed by atoms with Crippen LogP contribution in [0.5, 0.6) is 0 Å². The highest BCUT2D eigenvalue weighted by atomic mass is 32.2. The van der Waals surface area contributed by atoms with Crippen LogP contribution in [0.25, 0.3) is 10.8 Å². The molecule has 0 aliphatic carbocycles. The molecule has 0 bridgehead atoms. The molecule has 0 unspecified atom stereocenters. The van der Waals surface area contributed by atoms with Gasteiger partial charge in [-0.3, -0.25) is 23.9 Å². The third-order valence-electron chi connectivity index (χ3n) is 5.22. The van der Waals surface area contributed by atoms with Gasteiger partial charge < -0.3 is 21.3 Å². The zero-order chi connectivity index (χ0) is 27.6. The van der Waals surface area contributed by atoms with Crippen LogP contribution in [0.2, 0.25) is 0 Å². The van der Waals surface area contributed by atoms with Crippen molar-refractivity contribution in [2.24, 2.45) is 0 Å². The van der Waals surface area contributed by atoms with Crippen LogP contribution < -0.4 is 26.0 Å². The van der Waals surface area contributed by atoms with E-state index >= 15 is 0 Å². The summed E-state index contributed by atoms with van der Waals surface area (Å²) >= 11 is 3.82. The fourth-order valence-electron chi connectivity index (χ4n) is 3.09. The SMILES string of the molecule is C=C(CNC(=O)CS)NCC(=O)NCC(=O)NCS(=O)(=O)NC(=O)[C@@H](C)c1ccc2cc(C)ccc2c1. The van der Waals surface area contributed by atoms with E-state index in [1.807, 2.05) is 42.0 Å². The molecule has 2 rings (SSSR count). The molecule has 0 spiro atoms. The first-order valence-electron chi connectivity index (χ1n) is 11.3. The summed E-state index contributed by atoms with van der Waals surface area (Å²) in [4.78, 5) is 47.4. The summed E-state index contributed by atoms with van der Waals surface area (Å²) in [5.41, 5.74) is 2.13. The molecule has 2 aromatic rings. The van der Waals surface area contributed by atoms with E-state index in [1.54, 1.807) is 13.0 Å². The number of nitrogens with one attached hydrogen (secondary N) is 5. The maximum atomic E-state index is 12.5. The maximum Gasteiger partial charge on any atom is 0.253 e. The number of benzene rings is 2. The number of hydrogen-bond donors (Lipinski definition) is 6. The molecule has 0 aliphatic rings. The molecule has 0 heterocycles. The standard InChI is InChI=1S/C24H31N5O6S2/c1-15-4-5-20-9-18(6-7-19(20)8-15)17(3)24(33)29-37(34,35)14-28-22(31)12-27-21(30)11-25-16(2)10-26-23(32)13-36/h4-9,17,25,36H,2,10-14H2,1,3H3,(H,26,32)(H,27,30)(H,28,31)(H,29,33)/t17-/m0/s1. The molecule has 2 aromatic carbocycles. The van der Waals surface area contributed by atoms with E-state index in [1.165, 1.54) is 0 Å². The van der Waals surface area contributed by atoms with Crippen molar-refractivity contribution < 1.29 is 27.6 Å². The van der Waals surface area contributed by atoms with Gasteiger partial charge in [0.15, 0.2) is 0 Å². The number of amides is 4. The Kier molecular flexibility index (Phi) is 10.9. The van der Waals surface area contributed by atoms with E-state index in [9.17, 15) is 27.6 Å². The number of rotatable bonds is 13. The van der Waals surface area contributed by atoms with Gasteiger partial charge in [0.1, 0.15) is 5.88 Å². The Morgan fingerprint density at radius 1 is 0.865 bits per heavy atom. The van der Waals surface area contributed by atoms with Crippen molar-refractivity contribution in [3.8, 4) is 0 Å². The van der Waals surface area contributed by atoms with Gasteiger partial charge in [0.25, 0.3) is 10.0 Å². The van der Waals surface area contributed by atoms with Crippen molar-refractivity contribution in [2.75, 3.05) is 31.3 Å². The summed E-state index contributed by atoms with van der Waals surface area (Å²) in [5, 5.41) is 11.6. The first kappa shape index (κ1) is 29.6. The Bertz CT molecular complexity index is 1300. The average molecular weight is 550 g/mol. The summed E-state index contributed by atoms with van der Waals surface area (Å²) in [6.07, 6.45) is 0. The molecule has 37 heavy (non-hydrogen) atoms. The number of aryl methyl sites for hydroxylation is 1. The van der Waals surface area contributed by atoms with Gasteiger partial charge >= 0.3 is 0 Å². The van der Waals surface area contributed by atoms with Gasteiger partial charge in [-0.1, -0.05) is 48.5 Å². The van der Waals surface area contributed by atoms with Crippen LogP contribution in [0.3, 0.4) is 0 Å². The van der Waals surface area contributed by atoms with Gasteiger partial charge in [0.2, 0.25) is 23.6 Å². The lowest BCUT2D eigenvalue weighted by Crippen LogP contribution is -2.45. The van der Waals surface area contributed by atoms with Gasteiger partial charge in [0, 0.05) is 5.70 Å². The zero-order valence-corrected chi connectivity index (χ0v) is 22.3. The van der Waals surface area contributed by atoms with Crippen LogP contribution in [0.15, 0.2) is 48.7 Å². The van der Waals surface area contributed by atoms with Crippen LogP contribution in [0.4, 0.5) is 0 Å². The van der Waals surface area contributed by atoms with Gasteiger partial charge in [-0.05, 0) is 30.2 Å². The highest BCUT2D eigenvalue weighted by Crippen LogP contribution is 2.23. The number of fused-ring (bicyclic) bond motifs is 1. The fraction of sp³-hybridized carbons (Fsp3) is 0.333. The summed E-state index contributed by atoms with van der Waals surface area (Å²) in [5.74, 6) is -3.90. The second-order valence-electron chi connectivity index (χ2n) is 8.33. The maximum absolute atomic E-state index is 12.5. The van der Waals surface area contributed by atoms with Crippen LogP contribution in [-0.4, -0.2) is 63.3 Å². The largest absolute Gasteiger partial charge is 0.379 e. The molecular weight excluding hydrogens is 518 g/mol. The van der Waals surface area contributed by atoms with Crippen molar-refractivity contribution >= 4 is 57.1 Å². The third-order valence-corrected chi connectivity index (χ3v) is 6.54. The molecule has 13 heteroatoms. The van der Waals surface area contributed by atoms with Crippen molar-refractivity contribution in [1.29, 1.82) is 0 Å². The van der Waals surface area contributed by atoms with E-state index in [-0.39, 0.29) is 24.7 Å². The van der Waals surface area contributed by atoms with E-state index in [0.29, 0.717) is 11.3 Å². The first-order chi connectivity index (χ1) is 17.4. The lowest BCUT2D eigenvalue weighted by molar-refractivity contribution is -0.125. The molecule has 5 N–H and O–H groups in total. The van der Waals surface area contributed by atoms with E-state index in [2.05, 4.69) is 40.5 Å². The zero-order valence-electron chi connectivity index (χ0n) is 20.6. The monoisotopic (exact) mass is 549 g/mol. The van der Waals surface area contributed by atoms with Crippen LogP contribution in [0.1, 0.15) is 24.0 Å². The molecule has 0 fully saturated rings. The normalized spacial score (nSPS) is 11.8. The topological polar surface area (TPSA) is 163 Å². The Morgan fingerprint density at radius 3 is 2.16 bits per heavy atom. The second kappa shape index (κ2) is 13.7. The van der Waals surface area contributed by atoms with Crippen molar-refractivity contribution in [1.82, 2.24) is 26.0 Å². The lowest BCUT2D eigenvalue weighted by atomic mass is 9.97. The summed E-state index contributed by atoms with van der Waals surface area (Å²) in [6.45, 7) is 6.64. The van der Waals surface area contributed by atoms with E-state index in [0.717, 1.165) is 16.3 Å².